The minimum Gasteiger partial charge on any atom is -0.432 e. The van der Waals surface area contributed by atoms with Crippen molar-refractivity contribution in [1.82, 2.24) is 15.6 Å². The molecule has 0 aliphatic carbocycles. The highest BCUT2D eigenvalue weighted by molar-refractivity contribution is 6.33. The summed E-state index contributed by atoms with van der Waals surface area (Å²) in [5.74, 6) is 0.317. The molecule has 0 spiro atoms. The number of nitrogens with one attached hydrogen (secondary N) is 2. The number of halogens is 1. The van der Waals surface area contributed by atoms with Crippen LogP contribution in [-0.2, 0) is 0 Å². The summed E-state index contributed by atoms with van der Waals surface area (Å²) in [5, 5.41) is 7.08. The molecular weight excluding hydrogens is 302 g/mol. The van der Waals surface area contributed by atoms with Crippen molar-refractivity contribution in [2.75, 3.05) is 0 Å². The zero-order chi connectivity index (χ0) is 15.1. The number of hydrogen-bond donors (Lipinski definition) is 2. The van der Waals surface area contributed by atoms with Gasteiger partial charge in [-0.25, -0.2) is 4.98 Å². The highest BCUT2D eigenvalue weighted by Crippen LogP contribution is 2.29. The predicted octanol–water partition coefficient (Wildman–Crippen LogP) is 2.62. The Balaban J connectivity index is 1.49. The fraction of sp³-hybridized carbons (Fsp3) is 0.375. The van der Waals surface area contributed by atoms with Gasteiger partial charge in [-0.1, -0.05) is 23.7 Å². The topological polar surface area (TPSA) is 67.2 Å². The number of rotatable bonds is 3. The van der Waals surface area contributed by atoms with Crippen LogP contribution in [0.1, 0.15) is 29.9 Å². The van der Waals surface area contributed by atoms with Gasteiger partial charge in [-0.2, -0.15) is 0 Å². The van der Waals surface area contributed by atoms with E-state index in [4.69, 9.17) is 16.0 Å². The molecule has 3 atom stereocenters. The molecule has 2 N–H and O–H groups in total. The number of carbonyl (C=O) groups excluding carboxylic acids is 1. The lowest BCUT2D eigenvalue weighted by molar-refractivity contribution is 0.0896. The van der Waals surface area contributed by atoms with E-state index in [1.54, 1.807) is 6.07 Å². The first-order valence-corrected chi connectivity index (χ1v) is 7.86. The van der Waals surface area contributed by atoms with E-state index in [1.807, 2.05) is 18.2 Å². The molecule has 2 aromatic rings. The van der Waals surface area contributed by atoms with Gasteiger partial charge in [-0.15, -0.1) is 0 Å². The van der Waals surface area contributed by atoms with Gasteiger partial charge >= 0.3 is 5.91 Å². The van der Waals surface area contributed by atoms with Crippen molar-refractivity contribution < 1.29 is 9.21 Å². The molecule has 2 aliphatic heterocycles. The molecule has 22 heavy (non-hydrogen) atoms. The van der Waals surface area contributed by atoms with E-state index in [2.05, 4.69) is 15.6 Å². The summed E-state index contributed by atoms with van der Waals surface area (Å²) in [6.45, 7) is 0. The molecule has 6 heteroatoms. The molecular formula is C16H16ClN3O2. The molecule has 114 valence electrons. The number of oxazole rings is 1. The number of carbonyl (C=O) groups is 1. The van der Waals surface area contributed by atoms with Gasteiger partial charge in [0.05, 0.1) is 11.2 Å². The fourth-order valence-electron chi connectivity index (χ4n) is 3.38. The predicted molar refractivity (Wildman–Crippen MR) is 82.8 cm³/mol. The Kier molecular flexibility index (Phi) is 3.39. The molecule has 0 saturated carbocycles. The van der Waals surface area contributed by atoms with Gasteiger partial charge in [0.2, 0.25) is 0 Å². The Hall–Kier alpha value is -1.85. The lowest BCUT2D eigenvalue weighted by Gasteiger charge is -2.20. The molecule has 1 aromatic heterocycles. The maximum absolute atomic E-state index is 12.3. The van der Waals surface area contributed by atoms with E-state index in [-0.39, 0.29) is 17.8 Å². The normalized spacial score (nSPS) is 26.3. The largest absolute Gasteiger partial charge is 0.432 e. The Morgan fingerprint density at radius 3 is 2.95 bits per heavy atom. The van der Waals surface area contributed by atoms with Crippen molar-refractivity contribution in [3.05, 3.63) is 41.4 Å². The Labute approximate surface area is 133 Å². The van der Waals surface area contributed by atoms with Crippen LogP contribution in [0.3, 0.4) is 0 Å². The Morgan fingerprint density at radius 1 is 1.36 bits per heavy atom. The van der Waals surface area contributed by atoms with Gasteiger partial charge in [0, 0.05) is 23.7 Å². The summed E-state index contributed by atoms with van der Waals surface area (Å²) in [6, 6.07) is 8.42. The lowest BCUT2D eigenvalue weighted by atomic mass is 9.95. The van der Waals surface area contributed by atoms with Crippen LogP contribution in [0.15, 0.2) is 34.9 Å². The van der Waals surface area contributed by atoms with E-state index in [0.717, 1.165) is 18.4 Å². The third-order valence-corrected chi connectivity index (χ3v) is 4.79. The van der Waals surface area contributed by atoms with Crippen molar-refractivity contribution in [2.24, 2.45) is 0 Å². The van der Waals surface area contributed by atoms with Crippen molar-refractivity contribution in [3.63, 3.8) is 0 Å². The molecule has 2 aliphatic rings. The SMILES string of the molecule is O=C(NC1CC2CCC1N2)c1ncc(-c2ccccc2Cl)o1. The third kappa shape index (κ3) is 2.40. The molecule has 1 amide bonds. The monoisotopic (exact) mass is 317 g/mol. The summed E-state index contributed by atoms with van der Waals surface area (Å²) >= 11 is 6.13. The maximum Gasteiger partial charge on any atom is 0.307 e. The first kappa shape index (κ1) is 13.8. The van der Waals surface area contributed by atoms with Crippen molar-refractivity contribution in [3.8, 4) is 11.3 Å². The molecule has 2 saturated heterocycles. The second-order valence-corrected chi connectivity index (χ2v) is 6.28. The quantitative estimate of drug-likeness (QED) is 0.913. The molecule has 4 rings (SSSR count). The Morgan fingerprint density at radius 2 is 2.23 bits per heavy atom. The molecule has 5 nitrogen and oxygen atoms in total. The number of aromatic nitrogens is 1. The van der Waals surface area contributed by atoms with E-state index >= 15 is 0 Å². The van der Waals surface area contributed by atoms with Gasteiger partial charge in [0.25, 0.3) is 5.89 Å². The summed E-state index contributed by atoms with van der Waals surface area (Å²) in [4.78, 5) is 16.4. The zero-order valence-corrected chi connectivity index (χ0v) is 12.6. The second-order valence-electron chi connectivity index (χ2n) is 5.87. The van der Waals surface area contributed by atoms with Crippen LogP contribution >= 0.6 is 11.6 Å². The van der Waals surface area contributed by atoms with Crippen molar-refractivity contribution in [1.29, 1.82) is 0 Å². The van der Waals surface area contributed by atoms with Crippen LogP contribution in [-0.4, -0.2) is 29.0 Å². The standard InChI is InChI=1S/C16H16ClN3O2/c17-11-4-2-1-3-10(11)14-8-18-16(22-14)15(21)20-13-7-9-5-6-12(13)19-9/h1-4,8-9,12-13,19H,5-7H2,(H,20,21). The number of fused-ring (bicyclic) bond motifs is 2. The van der Waals surface area contributed by atoms with Crippen LogP contribution in [0, 0.1) is 0 Å². The van der Waals surface area contributed by atoms with E-state index in [1.165, 1.54) is 12.6 Å². The van der Waals surface area contributed by atoms with Gasteiger partial charge in [0.1, 0.15) is 0 Å². The second kappa shape index (κ2) is 5.41. The minimum absolute atomic E-state index is 0.0812. The van der Waals surface area contributed by atoms with Crippen molar-refractivity contribution in [2.45, 2.75) is 37.4 Å². The molecule has 2 fully saturated rings. The van der Waals surface area contributed by atoms with Crippen molar-refractivity contribution >= 4 is 17.5 Å². The average molecular weight is 318 g/mol. The summed E-state index contributed by atoms with van der Waals surface area (Å²) < 4.78 is 5.57. The van der Waals surface area contributed by atoms with Crippen LogP contribution < -0.4 is 10.6 Å². The van der Waals surface area contributed by atoms with Crippen LogP contribution in [0.25, 0.3) is 11.3 Å². The average Bonchev–Trinajstić information content (AvgIpc) is 3.24. The van der Waals surface area contributed by atoms with Crippen LogP contribution in [0.4, 0.5) is 0 Å². The van der Waals surface area contributed by atoms with Gasteiger partial charge in [0.15, 0.2) is 5.76 Å². The molecule has 2 bridgehead atoms. The van der Waals surface area contributed by atoms with E-state index in [0.29, 0.717) is 22.9 Å². The Bertz CT molecular complexity index is 715. The summed E-state index contributed by atoms with van der Waals surface area (Å²) in [5.41, 5.74) is 0.734. The third-order valence-electron chi connectivity index (χ3n) is 4.46. The molecule has 3 heterocycles. The maximum atomic E-state index is 12.3. The number of hydrogen-bond acceptors (Lipinski definition) is 4. The van der Waals surface area contributed by atoms with E-state index < -0.39 is 0 Å². The lowest BCUT2D eigenvalue weighted by Crippen LogP contribution is -2.43. The number of amides is 1. The van der Waals surface area contributed by atoms with Gasteiger partial charge < -0.3 is 15.1 Å². The molecule has 1 aromatic carbocycles. The minimum atomic E-state index is -0.266. The first-order chi connectivity index (χ1) is 10.7. The number of nitrogens with zero attached hydrogens (tertiary/aromatic N) is 1. The summed E-state index contributed by atoms with van der Waals surface area (Å²) in [6.07, 6.45) is 4.84. The van der Waals surface area contributed by atoms with Gasteiger partial charge in [-0.3, -0.25) is 4.79 Å². The van der Waals surface area contributed by atoms with E-state index in [9.17, 15) is 4.79 Å². The van der Waals surface area contributed by atoms with Gasteiger partial charge in [-0.05, 0) is 31.4 Å². The fourth-order valence-corrected chi connectivity index (χ4v) is 3.61. The highest BCUT2D eigenvalue weighted by atomic mass is 35.5. The smallest absolute Gasteiger partial charge is 0.307 e. The summed E-state index contributed by atoms with van der Waals surface area (Å²) in [7, 11) is 0. The van der Waals surface area contributed by atoms with Crippen LogP contribution in [0.2, 0.25) is 5.02 Å². The number of benzene rings is 1. The zero-order valence-electron chi connectivity index (χ0n) is 11.9. The van der Waals surface area contributed by atoms with Crippen LogP contribution in [0.5, 0.6) is 0 Å². The molecule has 0 radical (unpaired) electrons. The highest BCUT2D eigenvalue weighted by Gasteiger charge is 2.40. The molecule has 3 unspecified atom stereocenters. The first-order valence-electron chi connectivity index (χ1n) is 7.48.